The number of aliphatic hydroxyl groups excluding tert-OH is 1. The van der Waals surface area contributed by atoms with Crippen molar-refractivity contribution in [3.05, 3.63) is 35.6 Å². The zero-order valence-corrected chi connectivity index (χ0v) is 9.08. The van der Waals surface area contributed by atoms with Gasteiger partial charge in [-0.05, 0) is 25.1 Å². The van der Waals surface area contributed by atoms with E-state index >= 15 is 0 Å². The molecule has 0 aliphatic heterocycles. The van der Waals surface area contributed by atoms with Crippen LogP contribution >= 0.6 is 0 Å². The Morgan fingerprint density at radius 2 is 2.00 bits per heavy atom. The van der Waals surface area contributed by atoms with Gasteiger partial charge in [0, 0.05) is 5.39 Å². The van der Waals surface area contributed by atoms with E-state index in [4.69, 9.17) is 4.42 Å². The Labute approximate surface area is 95.7 Å². The molecule has 0 saturated heterocycles. The minimum absolute atomic E-state index is 0.0528. The van der Waals surface area contributed by atoms with Crippen molar-refractivity contribution in [2.24, 2.45) is 0 Å². The number of aryl methyl sites for hydroxylation is 1. The zero-order chi connectivity index (χ0) is 12.6. The predicted molar refractivity (Wildman–Crippen MR) is 56.6 cm³/mol. The lowest BCUT2D eigenvalue weighted by molar-refractivity contribution is -0.156. The minimum Gasteiger partial charge on any atom is -0.458 e. The highest BCUT2D eigenvalue weighted by molar-refractivity contribution is 5.78. The summed E-state index contributed by atoms with van der Waals surface area (Å²) in [5.41, 5.74) is 1.46. The zero-order valence-electron chi connectivity index (χ0n) is 9.08. The van der Waals surface area contributed by atoms with Gasteiger partial charge in [-0.25, -0.2) is 0 Å². The highest BCUT2D eigenvalue weighted by Gasteiger charge is 2.33. The van der Waals surface area contributed by atoms with Crippen LogP contribution in [0.5, 0.6) is 0 Å². The molecule has 2 rings (SSSR count). The number of fused-ring (bicyclic) bond motifs is 1. The summed E-state index contributed by atoms with van der Waals surface area (Å²) in [5, 5.41) is 10.1. The third-order valence-electron chi connectivity index (χ3n) is 2.44. The van der Waals surface area contributed by atoms with Crippen LogP contribution in [0.2, 0.25) is 0 Å². The average molecular weight is 244 g/mol. The van der Waals surface area contributed by atoms with Gasteiger partial charge in [0.05, 0.1) is 6.42 Å². The van der Waals surface area contributed by atoms with E-state index in [1.807, 2.05) is 6.92 Å². The summed E-state index contributed by atoms with van der Waals surface area (Å²) in [6, 6.07) is 6.71. The Morgan fingerprint density at radius 1 is 1.29 bits per heavy atom. The molecule has 17 heavy (non-hydrogen) atoms. The van der Waals surface area contributed by atoms with E-state index in [1.165, 1.54) is 6.07 Å². The molecule has 5 heteroatoms. The Balaban J connectivity index is 2.30. The molecule has 0 bridgehead atoms. The molecule has 0 radical (unpaired) electrons. The van der Waals surface area contributed by atoms with Crippen LogP contribution in [-0.2, 0) is 0 Å². The van der Waals surface area contributed by atoms with Gasteiger partial charge in [-0.15, -0.1) is 0 Å². The predicted octanol–water partition coefficient (Wildman–Crippen LogP) is 3.73. The van der Waals surface area contributed by atoms with Gasteiger partial charge >= 0.3 is 6.18 Å². The Hall–Kier alpha value is -1.49. The first-order valence-electron chi connectivity index (χ1n) is 5.10. The number of furan rings is 1. The van der Waals surface area contributed by atoms with Crippen molar-refractivity contribution in [3.8, 4) is 0 Å². The smallest absolute Gasteiger partial charge is 0.392 e. The summed E-state index contributed by atoms with van der Waals surface area (Å²) in [4.78, 5) is 0. The maximum atomic E-state index is 12.1. The van der Waals surface area contributed by atoms with E-state index < -0.39 is 18.7 Å². The second-order valence-corrected chi connectivity index (χ2v) is 4.03. The lowest BCUT2D eigenvalue weighted by Gasteiger charge is -2.10. The van der Waals surface area contributed by atoms with E-state index in [1.54, 1.807) is 18.2 Å². The van der Waals surface area contributed by atoms with Crippen molar-refractivity contribution < 1.29 is 22.7 Å². The fraction of sp³-hybridized carbons (Fsp3) is 0.333. The van der Waals surface area contributed by atoms with Crippen LogP contribution in [0, 0.1) is 6.92 Å². The van der Waals surface area contributed by atoms with Gasteiger partial charge in [-0.3, -0.25) is 0 Å². The molecule has 0 amide bonds. The fourth-order valence-electron chi connectivity index (χ4n) is 1.67. The molecular weight excluding hydrogens is 233 g/mol. The summed E-state index contributed by atoms with van der Waals surface area (Å²) in [6.07, 6.45) is -7.36. The van der Waals surface area contributed by atoms with Crippen molar-refractivity contribution in [2.75, 3.05) is 0 Å². The topological polar surface area (TPSA) is 33.4 Å². The van der Waals surface area contributed by atoms with Gasteiger partial charge < -0.3 is 9.52 Å². The third kappa shape index (κ3) is 2.79. The molecule has 0 fully saturated rings. The number of benzene rings is 1. The first kappa shape index (κ1) is 12.0. The Morgan fingerprint density at radius 3 is 2.65 bits per heavy atom. The number of rotatable bonds is 2. The molecule has 1 aromatic carbocycles. The second kappa shape index (κ2) is 4.07. The fourth-order valence-corrected chi connectivity index (χ4v) is 1.67. The highest BCUT2D eigenvalue weighted by atomic mass is 19.4. The van der Waals surface area contributed by atoms with Crippen molar-refractivity contribution in [1.29, 1.82) is 0 Å². The quantitative estimate of drug-likeness (QED) is 0.873. The lowest BCUT2D eigenvalue weighted by Crippen LogP contribution is -2.12. The molecule has 2 nitrogen and oxygen atoms in total. The summed E-state index contributed by atoms with van der Waals surface area (Å²) in [6.45, 7) is 1.87. The third-order valence-corrected chi connectivity index (χ3v) is 2.44. The standard InChI is InChI=1S/C12H11F3O2/c1-7-2-3-10-8(4-7)5-11(17-10)9(16)6-12(13,14)15/h2-5,9,16H,6H2,1H3. The normalized spacial score (nSPS) is 14.2. The number of hydrogen-bond donors (Lipinski definition) is 1. The van der Waals surface area contributed by atoms with E-state index in [2.05, 4.69) is 0 Å². The number of aliphatic hydroxyl groups is 1. The van der Waals surface area contributed by atoms with Gasteiger partial charge in [-0.2, -0.15) is 13.2 Å². The molecule has 1 N–H and O–H groups in total. The van der Waals surface area contributed by atoms with E-state index in [0.717, 1.165) is 5.56 Å². The van der Waals surface area contributed by atoms with Crippen molar-refractivity contribution in [1.82, 2.24) is 0 Å². The SMILES string of the molecule is Cc1ccc2oc(C(O)CC(F)(F)F)cc2c1. The van der Waals surface area contributed by atoms with Gasteiger partial charge in [0.2, 0.25) is 0 Å². The van der Waals surface area contributed by atoms with Crippen LogP contribution in [0.15, 0.2) is 28.7 Å². The van der Waals surface area contributed by atoms with Crippen LogP contribution in [-0.4, -0.2) is 11.3 Å². The molecule has 0 aliphatic rings. The van der Waals surface area contributed by atoms with Gasteiger partial charge in [0.25, 0.3) is 0 Å². The first-order chi connectivity index (χ1) is 7.85. The molecule has 0 saturated carbocycles. The van der Waals surface area contributed by atoms with E-state index in [-0.39, 0.29) is 5.76 Å². The average Bonchev–Trinajstić information content (AvgIpc) is 2.57. The number of halogens is 3. The Kier molecular flexibility index (Phi) is 2.87. The largest absolute Gasteiger partial charge is 0.458 e. The molecule has 1 unspecified atom stereocenters. The van der Waals surface area contributed by atoms with Crippen LogP contribution in [0.3, 0.4) is 0 Å². The molecule has 0 aliphatic carbocycles. The summed E-state index contributed by atoms with van der Waals surface area (Å²) in [7, 11) is 0. The first-order valence-corrected chi connectivity index (χ1v) is 5.10. The molecule has 0 spiro atoms. The molecule has 2 aromatic rings. The second-order valence-electron chi connectivity index (χ2n) is 4.03. The van der Waals surface area contributed by atoms with Gasteiger partial charge in [0.1, 0.15) is 17.4 Å². The van der Waals surface area contributed by atoms with Gasteiger partial charge in [-0.1, -0.05) is 11.6 Å². The van der Waals surface area contributed by atoms with Crippen LogP contribution in [0.25, 0.3) is 11.0 Å². The summed E-state index contributed by atoms with van der Waals surface area (Å²) < 4.78 is 41.5. The van der Waals surface area contributed by atoms with Crippen molar-refractivity contribution in [3.63, 3.8) is 0 Å². The van der Waals surface area contributed by atoms with Crippen molar-refractivity contribution in [2.45, 2.75) is 25.6 Å². The minimum atomic E-state index is -4.41. The molecule has 1 atom stereocenters. The molecule has 92 valence electrons. The summed E-state index contributed by atoms with van der Waals surface area (Å²) >= 11 is 0. The van der Waals surface area contributed by atoms with Crippen LogP contribution in [0.1, 0.15) is 23.8 Å². The van der Waals surface area contributed by atoms with Crippen LogP contribution in [0.4, 0.5) is 13.2 Å². The molecule has 1 aromatic heterocycles. The maximum Gasteiger partial charge on any atom is 0.392 e. The highest BCUT2D eigenvalue weighted by Crippen LogP contribution is 2.32. The van der Waals surface area contributed by atoms with Crippen molar-refractivity contribution >= 4 is 11.0 Å². The molecule has 1 heterocycles. The Bertz CT molecular complexity index is 528. The monoisotopic (exact) mass is 244 g/mol. The summed E-state index contributed by atoms with van der Waals surface area (Å²) in [5.74, 6) is -0.0528. The van der Waals surface area contributed by atoms with E-state index in [9.17, 15) is 18.3 Å². The maximum absolute atomic E-state index is 12.1. The van der Waals surface area contributed by atoms with Gasteiger partial charge in [0.15, 0.2) is 0 Å². The number of hydrogen-bond acceptors (Lipinski definition) is 2. The van der Waals surface area contributed by atoms with E-state index in [0.29, 0.717) is 11.0 Å². The number of alkyl halides is 3. The molecular formula is C12H11F3O2. The lowest BCUT2D eigenvalue weighted by atomic mass is 10.1. The van der Waals surface area contributed by atoms with Crippen LogP contribution < -0.4 is 0 Å².